The van der Waals surface area contributed by atoms with E-state index in [1.807, 2.05) is 0 Å². The Balaban J connectivity index is 1.80. The number of rotatable bonds is 0. The zero-order chi connectivity index (χ0) is 15.7. The van der Waals surface area contributed by atoms with Crippen LogP contribution in [-0.4, -0.2) is 0 Å². The van der Waals surface area contributed by atoms with E-state index in [1.54, 1.807) is 6.08 Å². The lowest BCUT2D eigenvalue weighted by Crippen LogP contribution is -2.48. The fourth-order valence-corrected chi connectivity index (χ4v) is 6.54. The normalized spacial score (nSPS) is 47.7. The summed E-state index contributed by atoms with van der Waals surface area (Å²) < 4.78 is 28.5. The first kappa shape index (κ1) is 14.7. The summed E-state index contributed by atoms with van der Waals surface area (Å²) in [6.45, 7) is 8.69. The summed E-state index contributed by atoms with van der Waals surface area (Å²) in [5, 5.41) is 0. The summed E-state index contributed by atoms with van der Waals surface area (Å²) in [7, 11) is 0. The van der Waals surface area contributed by atoms with Gasteiger partial charge in [0.2, 0.25) is 0 Å². The number of hydrogen-bond acceptors (Lipinski definition) is 0. The minimum absolute atomic E-state index is 0.164. The number of halogens is 2. The summed E-state index contributed by atoms with van der Waals surface area (Å²) in [5.74, 6) is 1.07. The topological polar surface area (TPSA) is 0 Å². The maximum absolute atomic E-state index is 14.5. The van der Waals surface area contributed by atoms with Crippen LogP contribution in [-0.2, 0) is 0 Å². The van der Waals surface area contributed by atoms with Crippen molar-refractivity contribution < 1.29 is 8.78 Å². The smallest absolute Gasteiger partial charge is 0.111 e. The third-order valence-corrected chi connectivity index (χ3v) is 7.41. The maximum atomic E-state index is 14.5. The average molecular weight is 304 g/mol. The van der Waals surface area contributed by atoms with Crippen LogP contribution < -0.4 is 0 Å². The fourth-order valence-electron chi connectivity index (χ4n) is 6.54. The number of fused-ring (bicyclic) bond motifs is 5. The van der Waals surface area contributed by atoms with Crippen molar-refractivity contribution in [3.05, 3.63) is 35.5 Å². The Kier molecular flexibility index (Phi) is 3.03. The summed E-state index contributed by atoms with van der Waals surface area (Å²) in [6, 6.07) is 0. The lowest BCUT2D eigenvalue weighted by Gasteiger charge is -2.56. The fraction of sp³-hybridized carbons (Fsp3) is 0.700. The lowest BCUT2D eigenvalue weighted by molar-refractivity contribution is -0.00632. The van der Waals surface area contributed by atoms with E-state index >= 15 is 0 Å². The van der Waals surface area contributed by atoms with Gasteiger partial charge in [-0.05, 0) is 72.5 Å². The second kappa shape index (κ2) is 4.55. The Morgan fingerprint density at radius 3 is 2.68 bits per heavy atom. The number of hydrogen-bond donors (Lipinski definition) is 0. The minimum Gasteiger partial charge on any atom is -0.212 e. The Hall–Kier alpha value is -0.920. The summed E-state index contributed by atoms with van der Waals surface area (Å²) in [6.07, 6.45) is 8.72. The van der Waals surface area contributed by atoms with Crippen LogP contribution in [0.5, 0.6) is 0 Å². The molecule has 4 aliphatic rings. The lowest BCUT2D eigenvalue weighted by atomic mass is 9.48. The standard InChI is InChI=1S/C20H26F2/c1-12-9-14-15-5-4-7-19(15,2)8-6-16(14)20(3)11-13(21)10-17(22)18(12)20/h11,14-16H,1,4-10H2,2-3H3/t14-,15-,16-,19-,20+/m0/s1. The molecule has 0 aliphatic heterocycles. The molecule has 0 bridgehead atoms. The summed E-state index contributed by atoms with van der Waals surface area (Å²) in [5.41, 5.74) is 1.64. The molecule has 3 saturated carbocycles. The third-order valence-electron chi connectivity index (χ3n) is 7.41. The zero-order valence-electron chi connectivity index (χ0n) is 13.7. The number of allylic oxidation sites excluding steroid dienone is 5. The van der Waals surface area contributed by atoms with Crippen LogP contribution in [0.4, 0.5) is 8.78 Å². The summed E-state index contributed by atoms with van der Waals surface area (Å²) in [4.78, 5) is 0. The molecule has 0 amide bonds. The first-order chi connectivity index (χ1) is 10.3. The molecule has 120 valence electrons. The van der Waals surface area contributed by atoms with Crippen molar-refractivity contribution in [1.82, 2.24) is 0 Å². The molecule has 2 heteroatoms. The molecule has 0 aromatic heterocycles. The zero-order valence-corrected chi connectivity index (χ0v) is 13.7. The van der Waals surface area contributed by atoms with Crippen molar-refractivity contribution in [2.45, 2.75) is 58.8 Å². The van der Waals surface area contributed by atoms with E-state index in [4.69, 9.17) is 0 Å². The van der Waals surface area contributed by atoms with Crippen molar-refractivity contribution >= 4 is 0 Å². The molecule has 0 N–H and O–H groups in total. The van der Waals surface area contributed by atoms with Gasteiger partial charge in [0.05, 0.1) is 6.42 Å². The molecular weight excluding hydrogens is 278 g/mol. The van der Waals surface area contributed by atoms with Gasteiger partial charge < -0.3 is 0 Å². The van der Waals surface area contributed by atoms with Crippen LogP contribution in [0.3, 0.4) is 0 Å². The van der Waals surface area contributed by atoms with Crippen molar-refractivity contribution in [2.24, 2.45) is 28.6 Å². The molecule has 0 unspecified atom stereocenters. The van der Waals surface area contributed by atoms with E-state index < -0.39 is 5.41 Å². The van der Waals surface area contributed by atoms with Gasteiger partial charge in [0, 0.05) is 5.41 Å². The molecule has 0 saturated heterocycles. The molecule has 0 spiro atoms. The molecule has 0 nitrogen and oxygen atoms in total. The van der Waals surface area contributed by atoms with Gasteiger partial charge in [0.15, 0.2) is 0 Å². The van der Waals surface area contributed by atoms with E-state index in [-0.39, 0.29) is 18.1 Å². The summed E-state index contributed by atoms with van der Waals surface area (Å²) >= 11 is 0. The molecule has 4 rings (SSSR count). The van der Waals surface area contributed by atoms with Gasteiger partial charge in [0.1, 0.15) is 11.7 Å². The molecule has 0 aromatic rings. The molecule has 3 fully saturated rings. The van der Waals surface area contributed by atoms with E-state index in [2.05, 4.69) is 20.4 Å². The highest BCUT2D eigenvalue weighted by molar-refractivity contribution is 5.47. The first-order valence-corrected chi connectivity index (χ1v) is 8.80. The Morgan fingerprint density at radius 2 is 1.91 bits per heavy atom. The van der Waals surface area contributed by atoms with Gasteiger partial charge in [-0.25, -0.2) is 8.78 Å². The van der Waals surface area contributed by atoms with E-state index in [0.717, 1.165) is 24.0 Å². The highest BCUT2D eigenvalue weighted by Crippen LogP contribution is 2.66. The largest absolute Gasteiger partial charge is 0.212 e. The van der Waals surface area contributed by atoms with Crippen molar-refractivity contribution in [2.75, 3.05) is 0 Å². The van der Waals surface area contributed by atoms with Crippen LogP contribution in [0.2, 0.25) is 0 Å². The molecule has 5 atom stereocenters. The monoisotopic (exact) mass is 304 g/mol. The molecule has 0 radical (unpaired) electrons. The molecule has 22 heavy (non-hydrogen) atoms. The van der Waals surface area contributed by atoms with E-state index in [9.17, 15) is 8.78 Å². The molecule has 4 aliphatic carbocycles. The van der Waals surface area contributed by atoms with Crippen molar-refractivity contribution in [3.63, 3.8) is 0 Å². The van der Waals surface area contributed by atoms with Crippen molar-refractivity contribution in [1.29, 1.82) is 0 Å². The second-order valence-corrected chi connectivity index (χ2v) is 8.60. The SMILES string of the molecule is C=C1C[C@H]2[C@@H]3CCC[C@@]3(C)CC[C@@H]2[C@@]2(C)C=C(F)CC(F)=C12. The Labute approximate surface area is 132 Å². The van der Waals surface area contributed by atoms with Crippen LogP contribution in [0.1, 0.15) is 58.8 Å². The van der Waals surface area contributed by atoms with Gasteiger partial charge in [-0.1, -0.05) is 26.8 Å². The van der Waals surface area contributed by atoms with E-state index in [0.29, 0.717) is 23.2 Å². The van der Waals surface area contributed by atoms with Crippen LogP contribution >= 0.6 is 0 Å². The maximum Gasteiger partial charge on any atom is 0.111 e. The van der Waals surface area contributed by atoms with Crippen LogP contribution in [0.15, 0.2) is 35.5 Å². The predicted molar refractivity (Wildman–Crippen MR) is 85.5 cm³/mol. The quantitative estimate of drug-likeness (QED) is 0.495. The van der Waals surface area contributed by atoms with Crippen LogP contribution in [0, 0.1) is 28.6 Å². The van der Waals surface area contributed by atoms with Gasteiger partial charge in [-0.2, -0.15) is 0 Å². The second-order valence-electron chi connectivity index (χ2n) is 8.60. The van der Waals surface area contributed by atoms with Crippen LogP contribution in [0.25, 0.3) is 0 Å². The molecule has 0 aromatic carbocycles. The third kappa shape index (κ3) is 1.79. The predicted octanol–water partition coefficient (Wildman–Crippen LogP) is 6.27. The highest BCUT2D eigenvalue weighted by atomic mass is 19.1. The van der Waals surface area contributed by atoms with Gasteiger partial charge in [-0.3, -0.25) is 0 Å². The van der Waals surface area contributed by atoms with Crippen molar-refractivity contribution in [3.8, 4) is 0 Å². The first-order valence-electron chi connectivity index (χ1n) is 8.80. The molecular formula is C20H26F2. The Bertz CT molecular complexity index is 599. The average Bonchev–Trinajstić information content (AvgIpc) is 2.79. The highest BCUT2D eigenvalue weighted by Gasteiger charge is 2.57. The Morgan fingerprint density at radius 1 is 1.14 bits per heavy atom. The van der Waals surface area contributed by atoms with Gasteiger partial charge in [0.25, 0.3) is 0 Å². The molecule has 0 heterocycles. The van der Waals surface area contributed by atoms with Gasteiger partial charge >= 0.3 is 0 Å². The minimum atomic E-state index is -0.476. The van der Waals surface area contributed by atoms with E-state index in [1.165, 1.54) is 25.7 Å². The van der Waals surface area contributed by atoms with Gasteiger partial charge in [-0.15, -0.1) is 0 Å².